The van der Waals surface area contributed by atoms with E-state index in [-0.39, 0.29) is 17.9 Å². The molecule has 31 heavy (non-hydrogen) atoms. The summed E-state index contributed by atoms with van der Waals surface area (Å²) in [5.74, 6) is -1.31. The molecule has 3 aliphatic rings. The molecule has 4 rings (SSSR count). The number of ether oxygens (including phenoxy) is 3. The molecule has 0 spiro atoms. The SMILES string of the molecule is CC(=O)OC1C(C)C(C=O)(CCc2ccoc2)C2CCC3OC3(C)C2(C)C1OC(C)=O. The fourth-order valence-electron chi connectivity index (χ4n) is 6.74. The Hall–Kier alpha value is -2.15. The van der Waals surface area contributed by atoms with E-state index in [4.69, 9.17) is 18.6 Å². The minimum absolute atomic E-state index is 0.0522. The largest absolute Gasteiger partial charge is 0.472 e. The van der Waals surface area contributed by atoms with Gasteiger partial charge in [-0.15, -0.1) is 0 Å². The smallest absolute Gasteiger partial charge is 0.303 e. The number of esters is 2. The number of carbonyl (C=O) groups excluding carboxylic acids is 3. The van der Waals surface area contributed by atoms with Crippen LogP contribution < -0.4 is 0 Å². The second-order valence-electron chi connectivity index (χ2n) is 9.88. The van der Waals surface area contributed by atoms with E-state index in [0.29, 0.717) is 12.8 Å². The lowest BCUT2D eigenvalue weighted by Gasteiger charge is -2.62. The number of carbonyl (C=O) groups is 3. The van der Waals surface area contributed by atoms with Gasteiger partial charge < -0.3 is 23.4 Å². The second-order valence-corrected chi connectivity index (χ2v) is 9.88. The molecule has 1 aliphatic heterocycles. The normalized spacial score (nSPS) is 43.3. The summed E-state index contributed by atoms with van der Waals surface area (Å²) in [6.07, 6.45) is 5.90. The lowest BCUT2D eigenvalue weighted by atomic mass is 9.42. The van der Waals surface area contributed by atoms with E-state index in [9.17, 15) is 14.4 Å². The standard InChI is InChI=1S/C24H32O7/c1-14-20(29-15(2)26)21(30-16(3)27)22(4)18(6-7-19-23(22,5)31-19)24(14,13-25)10-8-17-9-11-28-12-17/h9,11-14,18-21H,6-8,10H2,1-5H3. The van der Waals surface area contributed by atoms with Gasteiger partial charge in [0.05, 0.1) is 18.6 Å². The molecule has 0 aromatic carbocycles. The maximum atomic E-state index is 12.9. The molecule has 2 heterocycles. The quantitative estimate of drug-likeness (QED) is 0.386. The van der Waals surface area contributed by atoms with Crippen molar-refractivity contribution in [3.05, 3.63) is 24.2 Å². The van der Waals surface area contributed by atoms with Crippen LogP contribution in [-0.2, 0) is 35.0 Å². The Bertz CT molecular complexity index is 863. The number of aryl methyl sites for hydroxylation is 1. The molecule has 8 unspecified atom stereocenters. The van der Waals surface area contributed by atoms with E-state index in [1.807, 2.05) is 26.8 Å². The van der Waals surface area contributed by atoms with Crippen LogP contribution in [0, 0.1) is 22.7 Å². The highest BCUT2D eigenvalue weighted by Gasteiger charge is 2.78. The van der Waals surface area contributed by atoms with Gasteiger partial charge in [0.15, 0.2) is 0 Å². The minimum atomic E-state index is -0.761. The maximum absolute atomic E-state index is 12.9. The van der Waals surface area contributed by atoms with E-state index >= 15 is 0 Å². The zero-order chi connectivity index (χ0) is 22.6. The van der Waals surface area contributed by atoms with Gasteiger partial charge in [-0.2, -0.15) is 0 Å². The Morgan fingerprint density at radius 1 is 1.19 bits per heavy atom. The molecule has 1 aromatic heterocycles. The minimum Gasteiger partial charge on any atom is -0.472 e. The lowest BCUT2D eigenvalue weighted by Crippen LogP contribution is -2.70. The molecule has 1 aromatic rings. The van der Waals surface area contributed by atoms with Crippen LogP contribution in [0.3, 0.4) is 0 Å². The van der Waals surface area contributed by atoms with Crippen LogP contribution in [0.2, 0.25) is 0 Å². The van der Waals surface area contributed by atoms with Crippen LogP contribution in [-0.4, -0.2) is 42.1 Å². The fourth-order valence-corrected chi connectivity index (χ4v) is 6.74. The first kappa shape index (κ1) is 22.1. The molecule has 7 heteroatoms. The molecule has 2 aliphatic carbocycles. The highest BCUT2D eigenvalue weighted by Crippen LogP contribution is 2.70. The zero-order valence-corrected chi connectivity index (χ0v) is 18.9. The molecule has 7 nitrogen and oxygen atoms in total. The van der Waals surface area contributed by atoms with E-state index in [1.165, 1.54) is 13.8 Å². The predicted octanol–water partition coefficient (Wildman–Crippen LogP) is 3.48. The molecule has 0 amide bonds. The first-order valence-corrected chi connectivity index (χ1v) is 11.1. The summed E-state index contributed by atoms with van der Waals surface area (Å²) in [5.41, 5.74) is -0.962. The van der Waals surface area contributed by atoms with Crippen molar-refractivity contribution in [1.82, 2.24) is 0 Å². The average molecular weight is 433 g/mol. The zero-order valence-electron chi connectivity index (χ0n) is 18.9. The number of fused-ring (bicyclic) bond motifs is 3. The van der Waals surface area contributed by atoms with E-state index in [2.05, 4.69) is 0 Å². The van der Waals surface area contributed by atoms with Crippen molar-refractivity contribution in [1.29, 1.82) is 0 Å². The first-order chi connectivity index (χ1) is 14.6. The summed E-state index contributed by atoms with van der Waals surface area (Å²) in [4.78, 5) is 37.1. The van der Waals surface area contributed by atoms with Crippen LogP contribution in [0.15, 0.2) is 23.0 Å². The summed E-state index contributed by atoms with van der Waals surface area (Å²) in [7, 11) is 0. The third kappa shape index (κ3) is 3.15. The van der Waals surface area contributed by atoms with Crippen molar-refractivity contribution < 1.29 is 33.0 Å². The van der Waals surface area contributed by atoms with Crippen LogP contribution in [0.25, 0.3) is 0 Å². The summed E-state index contributed by atoms with van der Waals surface area (Å²) >= 11 is 0. The Morgan fingerprint density at radius 2 is 1.90 bits per heavy atom. The molecule has 1 saturated heterocycles. The van der Waals surface area contributed by atoms with Gasteiger partial charge in [-0.3, -0.25) is 9.59 Å². The molecule has 170 valence electrons. The number of rotatable bonds is 6. The van der Waals surface area contributed by atoms with Gasteiger partial charge in [-0.1, -0.05) is 13.8 Å². The summed E-state index contributed by atoms with van der Waals surface area (Å²) in [5, 5.41) is 0. The molecule has 0 radical (unpaired) electrons. The Morgan fingerprint density at radius 3 is 2.48 bits per heavy atom. The van der Waals surface area contributed by atoms with Crippen molar-refractivity contribution in [2.45, 2.75) is 84.2 Å². The molecule has 2 saturated carbocycles. The molecular formula is C24H32O7. The Balaban J connectivity index is 1.82. The number of aldehydes is 1. The Labute approximate surface area is 182 Å². The van der Waals surface area contributed by atoms with Gasteiger partial charge >= 0.3 is 11.9 Å². The van der Waals surface area contributed by atoms with Gasteiger partial charge in [0.2, 0.25) is 0 Å². The number of hydrogen-bond donors (Lipinski definition) is 0. The molecular weight excluding hydrogens is 400 g/mol. The first-order valence-electron chi connectivity index (χ1n) is 11.1. The predicted molar refractivity (Wildman–Crippen MR) is 110 cm³/mol. The highest BCUT2D eigenvalue weighted by atomic mass is 16.6. The second kappa shape index (κ2) is 7.47. The van der Waals surface area contributed by atoms with Gasteiger partial charge in [0.1, 0.15) is 24.1 Å². The summed E-state index contributed by atoms with van der Waals surface area (Å²) in [6, 6.07) is 1.90. The van der Waals surface area contributed by atoms with Gasteiger partial charge in [0, 0.05) is 30.6 Å². The third-order valence-corrected chi connectivity index (χ3v) is 8.58. The van der Waals surface area contributed by atoms with Crippen molar-refractivity contribution >= 4 is 18.2 Å². The van der Waals surface area contributed by atoms with E-state index in [1.54, 1.807) is 12.5 Å². The van der Waals surface area contributed by atoms with Crippen LogP contribution in [0.5, 0.6) is 0 Å². The van der Waals surface area contributed by atoms with Crippen molar-refractivity contribution in [3.8, 4) is 0 Å². The fraction of sp³-hybridized carbons (Fsp3) is 0.708. The highest BCUT2D eigenvalue weighted by molar-refractivity contribution is 5.69. The number of hydrogen-bond acceptors (Lipinski definition) is 7. The third-order valence-electron chi connectivity index (χ3n) is 8.58. The topological polar surface area (TPSA) is 95.3 Å². The molecule has 3 fully saturated rings. The van der Waals surface area contributed by atoms with Crippen molar-refractivity contribution in [2.24, 2.45) is 22.7 Å². The van der Waals surface area contributed by atoms with E-state index in [0.717, 1.165) is 24.7 Å². The van der Waals surface area contributed by atoms with Gasteiger partial charge in [0.25, 0.3) is 0 Å². The van der Waals surface area contributed by atoms with Crippen LogP contribution in [0.1, 0.15) is 59.4 Å². The maximum Gasteiger partial charge on any atom is 0.303 e. The van der Waals surface area contributed by atoms with Crippen LogP contribution >= 0.6 is 0 Å². The number of furan rings is 1. The Kier molecular flexibility index (Phi) is 5.31. The van der Waals surface area contributed by atoms with E-state index < -0.39 is 40.6 Å². The number of epoxide rings is 1. The van der Waals surface area contributed by atoms with Crippen molar-refractivity contribution in [2.75, 3.05) is 0 Å². The summed E-state index contributed by atoms with van der Waals surface area (Å²) in [6.45, 7) is 8.73. The summed E-state index contributed by atoms with van der Waals surface area (Å²) < 4.78 is 23.0. The van der Waals surface area contributed by atoms with Crippen molar-refractivity contribution in [3.63, 3.8) is 0 Å². The van der Waals surface area contributed by atoms with Gasteiger partial charge in [-0.25, -0.2) is 0 Å². The average Bonchev–Trinajstić information content (AvgIpc) is 3.14. The van der Waals surface area contributed by atoms with Crippen LogP contribution in [0.4, 0.5) is 0 Å². The van der Waals surface area contributed by atoms with Gasteiger partial charge in [-0.05, 0) is 50.2 Å². The molecule has 0 N–H and O–H groups in total. The lowest BCUT2D eigenvalue weighted by molar-refractivity contribution is -0.241. The monoisotopic (exact) mass is 432 g/mol. The molecule has 8 atom stereocenters. The molecule has 0 bridgehead atoms.